The van der Waals surface area contributed by atoms with Crippen LogP contribution in [0.2, 0.25) is 0 Å². The van der Waals surface area contributed by atoms with E-state index in [1.807, 2.05) is 32.0 Å². The SMILES string of the molecule is CCN(Cc1cccc(C)n1)C(=O)NC1(C(=O)O)CCC1. The molecule has 1 aliphatic rings. The predicted molar refractivity (Wildman–Crippen MR) is 77.8 cm³/mol. The molecule has 6 heteroatoms. The lowest BCUT2D eigenvalue weighted by Gasteiger charge is -2.39. The Balaban J connectivity index is 2.03. The topological polar surface area (TPSA) is 82.5 Å². The maximum atomic E-state index is 12.3. The number of carbonyl (C=O) groups is 2. The van der Waals surface area contributed by atoms with Crippen LogP contribution in [0.15, 0.2) is 18.2 Å². The van der Waals surface area contributed by atoms with Gasteiger partial charge in [0.2, 0.25) is 0 Å². The molecule has 21 heavy (non-hydrogen) atoms. The van der Waals surface area contributed by atoms with Gasteiger partial charge in [-0.3, -0.25) is 4.98 Å². The van der Waals surface area contributed by atoms with Gasteiger partial charge in [0.15, 0.2) is 0 Å². The minimum absolute atomic E-state index is 0.345. The summed E-state index contributed by atoms with van der Waals surface area (Å²) in [6, 6.07) is 5.31. The van der Waals surface area contributed by atoms with Crippen LogP contribution in [0.5, 0.6) is 0 Å². The number of aliphatic carboxylic acids is 1. The number of rotatable bonds is 5. The lowest BCUT2D eigenvalue weighted by atomic mass is 9.77. The van der Waals surface area contributed by atoms with E-state index in [-0.39, 0.29) is 6.03 Å². The van der Waals surface area contributed by atoms with E-state index in [9.17, 15) is 14.7 Å². The fourth-order valence-corrected chi connectivity index (χ4v) is 2.42. The van der Waals surface area contributed by atoms with Gasteiger partial charge in [-0.05, 0) is 45.2 Å². The van der Waals surface area contributed by atoms with Crippen molar-refractivity contribution in [2.45, 2.75) is 45.2 Å². The minimum Gasteiger partial charge on any atom is -0.480 e. The third kappa shape index (κ3) is 3.32. The zero-order valence-corrected chi connectivity index (χ0v) is 12.4. The average Bonchev–Trinajstić information content (AvgIpc) is 2.39. The van der Waals surface area contributed by atoms with Crippen LogP contribution < -0.4 is 5.32 Å². The molecule has 1 heterocycles. The molecular formula is C15H21N3O3. The van der Waals surface area contributed by atoms with Crippen LogP contribution in [0.1, 0.15) is 37.6 Å². The first kappa shape index (κ1) is 15.3. The van der Waals surface area contributed by atoms with Crippen LogP contribution in [0.4, 0.5) is 4.79 Å². The van der Waals surface area contributed by atoms with Gasteiger partial charge < -0.3 is 15.3 Å². The number of aryl methyl sites for hydroxylation is 1. The van der Waals surface area contributed by atoms with Gasteiger partial charge in [0.1, 0.15) is 5.54 Å². The van der Waals surface area contributed by atoms with E-state index in [1.165, 1.54) is 0 Å². The molecule has 0 aliphatic heterocycles. The van der Waals surface area contributed by atoms with Gasteiger partial charge >= 0.3 is 12.0 Å². The first-order valence-electron chi connectivity index (χ1n) is 7.20. The molecule has 1 fully saturated rings. The molecule has 114 valence electrons. The number of nitrogens with one attached hydrogen (secondary N) is 1. The van der Waals surface area contributed by atoms with Crippen molar-refractivity contribution < 1.29 is 14.7 Å². The number of nitrogens with zero attached hydrogens (tertiary/aromatic N) is 2. The standard InChI is InChI=1S/C15H21N3O3/c1-3-18(10-12-7-4-6-11(2)16-12)14(21)17-15(13(19)20)8-5-9-15/h4,6-7H,3,5,8-10H2,1-2H3,(H,17,21)(H,19,20). The van der Waals surface area contributed by atoms with E-state index in [4.69, 9.17) is 0 Å². The van der Waals surface area contributed by atoms with Crippen molar-refractivity contribution in [1.82, 2.24) is 15.2 Å². The molecule has 2 rings (SSSR count). The number of pyridine rings is 1. The van der Waals surface area contributed by atoms with Gasteiger partial charge in [0, 0.05) is 12.2 Å². The molecule has 2 amide bonds. The highest BCUT2D eigenvalue weighted by Gasteiger charge is 2.46. The normalized spacial score (nSPS) is 15.9. The number of urea groups is 1. The smallest absolute Gasteiger partial charge is 0.329 e. The summed E-state index contributed by atoms with van der Waals surface area (Å²) in [6.07, 6.45) is 1.82. The minimum atomic E-state index is -1.08. The molecule has 1 saturated carbocycles. The summed E-state index contributed by atoms with van der Waals surface area (Å²) in [4.78, 5) is 29.6. The van der Waals surface area contributed by atoms with Gasteiger partial charge in [0.25, 0.3) is 0 Å². The van der Waals surface area contributed by atoms with Crippen LogP contribution in [-0.4, -0.2) is 39.1 Å². The van der Waals surface area contributed by atoms with Crippen LogP contribution in [-0.2, 0) is 11.3 Å². The largest absolute Gasteiger partial charge is 0.480 e. The van der Waals surface area contributed by atoms with E-state index in [2.05, 4.69) is 10.3 Å². The Bertz CT molecular complexity index is 541. The molecule has 0 spiro atoms. The van der Waals surface area contributed by atoms with Gasteiger partial charge in [-0.1, -0.05) is 6.07 Å². The molecule has 1 aromatic rings. The van der Waals surface area contributed by atoms with Crippen molar-refractivity contribution in [3.8, 4) is 0 Å². The highest BCUT2D eigenvalue weighted by Crippen LogP contribution is 2.32. The number of carbonyl (C=O) groups excluding carboxylic acids is 1. The summed E-state index contributed by atoms with van der Waals surface area (Å²) in [7, 11) is 0. The fraction of sp³-hybridized carbons (Fsp3) is 0.533. The summed E-state index contributed by atoms with van der Waals surface area (Å²) < 4.78 is 0. The lowest BCUT2D eigenvalue weighted by molar-refractivity contribution is -0.148. The number of carboxylic acids is 1. The Morgan fingerprint density at radius 3 is 2.62 bits per heavy atom. The van der Waals surface area contributed by atoms with Gasteiger partial charge in [-0.25, -0.2) is 9.59 Å². The molecule has 1 aliphatic carbocycles. The quantitative estimate of drug-likeness (QED) is 0.868. The molecule has 0 radical (unpaired) electrons. The lowest BCUT2D eigenvalue weighted by Crippen LogP contribution is -2.61. The summed E-state index contributed by atoms with van der Waals surface area (Å²) in [5.41, 5.74) is 0.611. The number of hydrogen-bond acceptors (Lipinski definition) is 3. The third-order valence-corrected chi connectivity index (χ3v) is 3.93. The molecule has 1 aromatic heterocycles. The Labute approximate surface area is 124 Å². The van der Waals surface area contributed by atoms with Crippen molar-refractivity contribution in [2.75, 3.05) is 6.54 Å². The zero-order valence-electron chi connectivity index (χ0n) is 12.4. The molecule has 6 nitrogen and oxygen atoms in total. The number of amides is 2. The van der Waals surface area contributed by atoms with E-state index < -0.39 is 11.5 Å². The maximum Gasteiger partial charge on any atom is 0.329 e. The number of aromatic nitrogens is 1. The summed E-state index contributed by atoms with van der Waals surface area (Å²) in [5, 5.41) is 11.9. The summed E-state index contributed by atoms with van der Waals surface area (Å²) >= 11 is 0. The van der Waals surface area contributed by atoms with Crippen LogP contribution in [0.3, 0.4) is 0 Å². The van der Waals surface area contributed by atoms with Crippen molar-refractivity contribution >= 4 is 12.0 Å². The molecular weight excluding hydrogens is 270 g/mol. The van der Waals surface area contributed by atoms with Gasteiger partial charge in [0.05, 0.1) is 12.2 Å². The predicted octanol–water partition coefficient (Wildman–Crippen LogP) is 1.93. The Kier molecular flexibility index (Phi) is 4.45. The van der Waals surface area contributed by atoms with Crippen molar-refractivity contribution in [1.29, 1.82) is 0 Å². The second-order valence-electron chi connectivity index (χ2n) is 5.46. The van der Waals surface area contributed by atoms with Crippen molar-refractivity contribution in [3.63, 3.8) is 0 Å². The molecule has 0 unspecified atom stereocenters. The summed E-state index contributed by atoms with van der Waals surface area (Å²) in [5.74, 6) is -0.952. The molecule has 0 aromatic carbocycles. The molecule has 2 N–H and O–H groups in total. The van der Waals surface area contributed by atoms with Gasteiger partial charge in [-0.15, -0.1) is 0 Å². The number of carboxylic acid groups (broad SMARTS) is 1. The average molecular weight is 291 g/mol. The van der Waals surface area contributed by atoms with Crippen LogP contribution >= 0.6 is 0 Å². The van der Waals surface area contributed by atoms with E-state index in [1.54, 1.807) is 4.90 Å². The molecule has 0 bridgehead atoms. The van der Waals surface area contributed by atoms with Gasteiger partial charge in [-0.2, -0.15) is 0 Å². The zero-order chi connectivity index (χ0) is 15.5. The molecule has 0 saturated heterocycles. The van der Waals surface area contributed by atoms with E-state index in [0.29, 0.717) is 25.9 Å². The number of hydrogen-bond donors (Lipinski definition) is 2. The second-order valence-corrected chi connectivity index (χ2v) is 5.46. The monoisotopic (exact) mass is 291 g/mol. The Morgan fingerprint density at radius 1 is 1.43 bits per heavy atom. The van der Waals surface area contributed by atoms with E-state index in [0.717, 1.165) is 17.8 Å². The maximum absolute atomic E-state index is 12.3. The first-order chi connectivity index (χ1) is 9.97. The van der Waals surface area contributed by atoms with Crippen LogP contribution in [0.25, 0.3) is 0 Å². The van der Waals surface area contributed by atoms with E-state index >= 15 is 0 Å². The van der Waals surface area contributed by atoms with Crippen molar-refractivity contribution in [2.24, 2.45) is 0 Å². The third-order valence-electron chi connectivity index (χ3n) is 3.93. The highest BCUT2D eigenvalue weighted by molar-refractivity contribution is 5.87. The Hall–Kier alpha value is -2.11. The summed E-state index contributed by atoms with van der Waals surface area (Å²) in [6.45, 7) is 4.63. The first-order valence-corrected chi connectivity index (χ1v) is 7.20. The van der Waals surface area contributed by atoms with Crippen molar-refractivity contribution in [3.05, 3.63) is 29.6 Å². The van der Waals surface area contributed by atoms with Crippen LogP contribution in [0, 0.1) is 6.92 Å². The Morgan fingerprint density at radius 2 is 2.14 bits per heavy atom. The highest BCUT2D eigenvalue weighted by atomic mass is 16.4. The second kappa shape index (κ2) is 6.11. The fourth-order valence-electron chi connectivity index (χ4n) is 2.42. The molecule has 0 atom stereocenters.